The summed E-state index contributed by atoms with van der Waals surface area (Å²) in [6.45, 7) is 9.06. The number of aromatic nitrogens is 1. The summed E-state index contributed by atoms with van der Waals surface area (Å²) in [7, 11) is 0. The molecule has 3 aromatic rings. The molecular weight excluding hydrogens is 477 g/mol. The van der Waals surface area contributed by atoms with Crippen LogP contribution in [0.25, 0.3) is 22.6 Å². The molecule has 1 N–H and O–H groups in total. The van der Waals surface area contributed by atoms with Gasteiger partial charge >= 0.3 is 0 Å². The van der Waals surface area contributed by atoms with E-state index in [4.69, 9.17) is 37.2 Å². The second kappa shape index (κ2) is 11.2. The number of halogens is 2. The maximum absolute atomic E-state index is 11.8. The summed E-state index contributed by atoms with van der Waals surface area (Å²) in [4.78, 5) is 13.0. The minimum Gasteiger partial charge on any atom is -0.492 e. The van der Waals surface area contributed by atoms with Crippen LogP contribution in [0.4, 0.5) is 5.69 Å². The molecule has 1 aromatic heterocycles. The maximum Gasteiger partial charge on any atom is 0.257 e. The summed E-state index contributed by atoms with van der Waals surface area (Å²) >= 11 is 11.2. The molecule has 4 rings (SSSR count). The number of amides is 1. The quantitative estimate of drug-likeness (QED) is 0.432. The van der Waals surface area contributed by atoms with Crippen molar-refractivity contribution in [1.29, 1.82) is 0 Å². The van der Waals surface area contributed by atoms with Crippen LogP contribution in [0.2, 0.25) is 0 Å². The number of nitrogens with one attached hydrogen (secondary N) is 1. The number of rotatable bonds is 8. The molecule has 2 heterocycles. The van der Waals surface area contributed by atoms with E-state index < -0.39 is 10.7 Å². The Kier molecular flexibility index (Phi) is 8.11. The lowest BCUT2D eigenvalue weighted by Crippen LogP contribution is -2.38. The number of ether oxygens (including phenoxy) is 2. The number of anilines is 1. The molecular formula is C25H27Cl2N3O4. The van der Waals surface area contributed by atoms with Crippen LogP contribution in [0.3, 0.4) is 0 Å². The fourth-order valence-corrected chi connectivity index (χ4v) is 4.11. The zero-order chi connectivity index (χ0) is 24.1. The smallest absolute Gasteiger partial charge is 0.257 e. The van der Waals surface area contributed by atoms with Gasteiger partial charge in [0.2, 0.25) is 0 Å². The third-order valence-corrected chi connectivity index (χ3v) is 6.06. The van der Waals surface area contributed by atoms with Crippen LogP contribution in [-0.2, 0) is 9.53 Å². The zero-order valence-corrected chi connectivity index (χ0v) is 20.7. The van der Waals surface area contributed by atoms with Crippen molar-refractivity contribution >= 4 is 34.8 Å². The van der Waals surface area contributed by atoms with Crippen LogP contribution in [0, 0.1) is 13.8 Å². The number of hydrogen-bond acceptors (Lipinski definition) is 6. The van der Waals surface area contributed by atoms with Crippen molar-refractivity contribution in [3.63, 3.8) is 0 Å². The molecule has 0 saturated carbocycles. The lowest BCUT2D eigenvalue weighted by Gasteiger charge is -2.26. The van der Waals surface area contributed by atoms with Crippen LogP contribution in [0.5, 0.6) is 5.75 Å². The minimum absolute atomic E-state index is 0.489. The van der Waals surface area contributed by atoms with Gasteiger partial charge in [-0.1, -0.05) is 40.5 Å². The van der Waals surface area contributed by atoms with Gasteiger partial charge in [-0.3, -0.25) is 9.69 Å². The molecule has 9 heteroatoms. The van der Waals surface area contributed by atoms with Crippen LogP contribution < -0.4 is 10.1 Å². The molecule has 1 amide bonds. The number of carbonyl (C=O) groups excluding carboxylic acids is 1. The first-order valence-corrected chi connectivity index (χ1v) is 12.0. The Labute approximate surface area is 208 Å². The molecule has 7 nitrogen and oxygen atoms in total. The largest absolute Gasteiger partial charge is 0.492 e. The van der Waals surface area contributed by atoms with Gasteiger partial charge in [-0.25, -0.2) is 0 Å². The van der Waals surface area contributed by atoms with Crippen molar-refractivity contribution in [2.75, 3.05) is 44.8 Å². The highest BCUT2D eigenvalue weighted by Crippen LogP contribution is 2.33. The molecule has 1 saturated heterocycles. The fourth-order valence-electron chi connectivity index (χ4n) is 4.00. The van der Waals surface area contributed by atoms with E-state index >= 15 is 0 Å². The van der Waals surface area contributed by atoms with E-state index in [0.717, 1.165) is 66.5 Å². The number of hydrogen-bond donors (Lipinski definition) is 1. The molecule has 0 bridgehead atoms. The van der Waals surface area contributed by atoms with Crippen molar-refractivity contribution in [2.24, 2.45) is 0 Å². The van der Waals surface area contributed by atoms with Gasteiger partial charge in [0.05, 0.1) is 13.2 Å². The number of carbonyl (C=O) groups is 1. The van der Waals surface area contributed by atoms with E-state index in [1.54, 1.807) is 12.1 Å². The Morgan fingerprint density at radius 1 is 1.15 bits per heavy atom. The first-order valence-electron chi connectivity index (χ1n) is 11.1. The van der Waals surface area contributed by atoms with Crippen molar-refractivity contribution in [3.8, 4) is 28.3 Å². The molecule has 0 aliphatic carbocycles. The van der Waals surface area contributed by atoms with Gasteiger partial charge in [-0.05, 0) is 49.2 Å². The highest BCUT2D eigenvalue weighted by molar-refractivity contribution is 6.54. The first kappa shape index (κ1) is 24.5. The molecule has 1 aliphatic heterocycles. The van der Waals surface area contributed by atoms with Crippen molar-refractivity contribution in [3.05, 3.63) is 53.6 Å². The van der Waals surface area contributed by atoms with E-state index in [2.05, 4.69) is 15.4 Å². The average molecular weight is 504 g/mol. The second-order valence-corrected chi connectivity index (χ2v) is 9.28. The highest BCUT2D eigenvalue weighted by Gasteiger charge is 2.16. The van der Waals surface area contributed by atoms with E-state index in [-0.39, 0.29) is 0 Å². The van der Waals surface area contributed by atoms with E-state index in [9.17, 15) is 4.79 Å². The highest BCUT2D eigenvalue weighted by atomic mass is 35.5. The molecule has 1 fully saturated rings. The summed E-state index contributed by atoms with van der Waals surface area (Å²) in [5.74, 6) is 0.942. The first-order chi connectivity index (χ1) is 16.4. The molecule has 2 aromatic carbocycles. The summed E-state index contributed by atoms with van der Waals surface area (Å²) < 4.78 is 17.0. The van der Waals surface area contributed by atoms with E-state index in [0.29, 0.717) is 18.1 Å². The maximum atomic E-state index is 11.8. The Hall–Kier alpha value is -2.58. The number of nitrogens with zero attached hydrogens (tertiary/aromatic N) is 2. The number of aryl methyl sites for hydroxylation is 2. The minimum atomic E-state index is -1.14. The van der Waals surface area contributed by atoms with Gasteiger partial charge in [0.1, 0.15) is 18.1 Å². The van der Waals surface area contributed by atoms with Crippen molar-refractivity contribution in [1.82, 2.24) is 10.1 Å². The van der Waals surface area contributed by atoms with Gasteiger partial charge < -0.3 is 19.3 Å². The predicted molar refractivity (Wildman–Crippen MR) is 134 cm³/mol. The Morgan fingerprint density at radius 3 is 2.59 bits per heavy atom. The standard InChI is InChI=1S/C25H27Cl2N3O4/c1-16-12-20(33-11-8-30-6-9-32-10-7-30)13-17(2)23(16)21-15-22(34-29-21)18-4-3-5-19(14-18)28-25(31)24(26)27/h3-5,12-15,24H,6-11H2,1-2H3,(H,28,31). The topological polar surface area (TPSA) is 76.8 Å². The van der Waals surface area contributed by atoms with Gasteiger partial charge in [0.15, 0.2) is 10.6 Å². The van der Waals surface area contributed by atoms with Crippen LogP contribution in [-0.4, -0.2) is 60.3 Å². The SMILES string of the molecule is Cc1cc(OCCN2CCOCC2)cc(C)c1-c1cc(-c2cccc(NC(=O)C(Cl)Cl)c2)on1. The zero-order valence-electron chi connectivity index (χ0n) is 19.1. The van der Waals surface area contributed by atoms with Crippen molar-refractivity contribution < 1.29 is 18.8 Å². The molecule has 0 unspecified atom stereocenters. The number of alkyl halides is 2. The molecule has 0 radical (unpaired) electrons. The molecule has 34 heavy (non-hydrogen) atoms. The second-order valence-electron chi connectivity index (χ2n) is 8.18. The van der Waals surface area contributed by atoms with E-state index in [1.807, 2.05) is 44.2 Å². The fraction of sp³-hybridized carbons (Fsp3) is 0.360. The summed E-state index contributed by atoms with van der Waals surface area (Å²) in [5.41, 5.74) is 5.19. The van der Waals surface area contributed by atoms with Gasteiger partial charge in [-0.15, -0.1) is 0 Å². The number of benzene rings is 2. The molecule has 1 aliphatic rings. The predicted octanol–water partition coefficient (Wildman–Crippen LogP) is 5.08. The molecule has 0 spiro atoms. The van der Waals surface area contributed by atoms with Gasteiger partial charge in [0.25, 0.3) is 5.91 Å². The van der Waals surface area contributed by atoms with Crippen LogP contribution >= 0.6 is 23.2 Å². The van der Waals surface area contributed by atoms with Crippen LogP contribution in [0.15, 0.2) is 47.0 Å². The van der Waals surface area contributed by atoms with Gasteiger partial charge in [-0.2, -0.15) is 0 Å². The third-order valence-electron chi connectivity index (χ3n) is 5.67. The van der Waals surface area contributed by atoms with Crippen LogP contribution in [0.1, 0.15) is 11.1 Å². The third kappa shape index (κ3) is 6.10. The van der Waals surface area contributed by atoms with Crippen molar-refractivity contribution in [2.45, 2.75) is 18.7 Å². The normalized spacial score (nSPS) is 14.4. The Morgan fingerprint density at radius 2 is 1.88 bits per heavy atom. The lowest BCUT2D eigenvalue weighted by atomic mass is 9.99. The lowest BCUT2D eigenvalue weighted by molar-refractivity contribution is -0.114. The van der Waals surface area contributed by atoms with E-state index in [1.165, 1.54) is 0 Å². The average Bonchev–Trinajstić information content (AvgIpc) is 3.29. The summed E-state index contributed by atoms with van der Waals surface area (Å²) in [6, 6.07) is 13.2. The monoisotopic (exact) mass is 503 g/mol. The van der Waals surface area contributed by atoms with Gasteiger partial charge in [0, 0.05) is 42.5 Å². The summed E-state index contributed by atoms with van der Waals surface area (Å²) in [6.07, 6.45) is 0. The molecule has 0 atom stereocenters. The summed E-state index contributed by atoms with van der Waals surface area (Å²) in [5, 5.41) is 6.96. The molecule has 180 valence electrons. The Balaban J connectivity index is 1.46. The number of morpholine rings is 1. The Bertz CT molecular complexity index is 1120.